The lowest BCUT2D eigenvalue weighted by Crippen LogP contribution is -2.35. The van der Waals surface area contributed by atoms with Crippen LogP contribution >= 0.6 is 11.6 Å². The molecule has 0 radical (unpaired) electrons. The van der Waals surface area contributed by atoms with E-state index < -0.39 is 0 Å². The van der Waals surface area contributed by atoms with Gasteiger partial charge in [0, 0.05) is 22.2 Å². The van der Waals surface area contributed by atoms with Crippen molar-refractivity contribution in [1.29, 1.82) is 0 Å². The van der Waals surface area contributed by atoms with Gasteiger partial charge in [-0.3, -0.25) is 4.79 Å². The van der Waals surface area contributed by atoms with Crippen LogP contribution in [-0.2, 0) is 0 Å². The number of benzene rings is 1. The summed E-state index contributed by atoms with van der Waals surface area (Å²) in [5.41, 5.74) is 1.54. The van der Waals surface area contributed by atoms with Crippen LogP contribution < -0.4 is 4.74 Å². The summed E-state index contributed by atoms with van der Waals surface area (Å²) in [6.45, 7) is 3.48. The number of carbonyl (C=O) groups excluding carboxylic acids is 1. The minimum Gasteiger partial charge on any atom is -0.490 e. The van der Waals surface area contributed by atoms with Crippen molar-refractivity contribution in [2.24, 2.45) is 0 Å². The average Bonchev–Trinajstić information content (AvgIpc) is 2.42. The maximum absolute atomic E-state index is 11.7. The van der Waals surface area contributed by atoms with E-state index >= 15 is 0 Å². The highest BCUT2D eigenvalue weighted by Gasteiger charge is 2.24. The first-order valence-corrected chi connectivity index (χ1v) is 7.90. The molecule has 1 aliphatic carbocycles. The Kier molecular flexibility index (Phi) is 5.28. The maximum atomic E-state index is 11.7. The Balaban J connectivity index is 2.09. The summed E-state index contributed by atoms with van der Waals surface area (Å²) in [6.07, 6.45) is 4.61. The molecule has 0 atom stereocenters. The van der Waals surface area contributed by atoms with E-state index in [0.29, 0.717) is 16.6 Å². The highest BCUT2D eigenvalue weighted by Crippen LogP contribution is 2.31. The van der Waals surface area contributed by atoms with Crippen molar-refractivity contribution in [3.63, 3.8) is 0 Å². The second kappa shape index (κ2) is 6.80. The van der Waals surface area contributed by atoms with E-state index in [1.165, 1.54) is 0 Å². The standard InChI is InChI=1S/C17H24ClNO2/c1-11-16(12(2)20)9-13(18)10-17(11)21-15-7-5-14(6-8-15)19(3)4/h9-10,14-15H,5-8H2,1-4H3. The first-order valence-electron chi connectivity index (χ1n) is 7.52. The predicted octanol–water partition coefficient (Wildman–Crippen LogP) is 4.10. The number of hydrogen-bond acceptors (Lipinski definition) is 3. The van der Waals surface area contributed by atoms with Crippen molar-refractivity contribution in [1.82, 2.24) is 4.90 Å². The molecule has 116 valence electrons. The molecule has 0 heterocycles. The van der Waals surface area contributed by atoms with Crippen LogP contribution in [0.15, 0.2) is 12.1 Å². The van der Waals surface area contributed by atoms with Gasteiger partial charge in [0.25, 0.3) is 0 Å². The zero-order chi connectivity index (χ0) is 15.6. The molecule has 0 saturated heterocycles. The summed E-state index contributed by atoms with van der Waals surface area (Å²) >= 11 is 6.11. The van der Waals surface area contributed by atoms with Gasteiger partial charge >= 0.3 is 0 Å². The minimum atomic E-state index is 0.0242. The molecule has 1 fully saturated rings. The maximum Gasteiger partial charge on any atom is 0.160 e. The molecular formula is C17H24ClNO2. The van der Waals surface area contributed by atoms with Gasteiger partial charge in [-0.25, -0.2) is 0 Å². The molecule has 21 heavy (non-hydrogen) atoms. The van der Waals surface area contributed by atoms with Gasteiger partial charge in [0.15, 0.2) is 5.78 Å². The van der Waals surface area contributed by atoms with Gasteiger partial charge in [-0.15, -0.1) is 0 Å². The summed E-state index contributed by atoms with van der Waals surface area (Å²) in [5, 5.41) is 0.558. The largest absolute Gasteiger partial charge is 0.490 e. The summed E-state index contributed by atoms with van der Waals surface area (Å²) < 4.78 is 6.13. The third-order valence-corrected chi connectivity index (χ3v) is 4.59. The molecule has 0 aliphatic heterocycles. The number of halogens is 1. The first-order chi connectivity index (χ1) is 9.88. The van der Waals surface area contributed by atoms with E-state index in [4.69, 9.17) is 16.3 Å². The van der Waals surface area contributed by atoms with Crippen LogP contribution in [0.5, 0.6) is 5.75 Å². The average molecular weight is 310 g/mol. The van der Waals surface area contributed by atoms with Crippen LogP contribution in [0.1, 0.15) is 48.5 Å². The van der Waals surface area contributed by atoms with Crippen LogP contribution in [0.3, 0.4) is 0 Å². The second-order valence-corrected chi connectivity index (χ2v) is 6.58. The number of ketones is 1. The molecule has 0 N–H and O–H groups in total. The molecule has 4 heteroatoms. The highest BCUT2D eigenvalue weighted by atomic mass is 35.5. The molecule has 0 bridgehead atoms. The Morgan fingerprint density at radius 2 is 1.86 bits per heavy atom. The van der Waals surface area contributed by atoms with Crippen molar-refractivity contribution in [3.05, 3.63) is 28.3 Å². The Morgan fingerprint density at radius 1 is 1.24 bits per heavy atom. The smallest absolute Gasteiger partial charge is 0.160 e. The van der Waals surface area contributed by atoms with Crippen molar-refractivity contribution in [3.8, 4) is 5.75 Å². The molecule has 1 aromatic rings. The van der Waals surface area contributed by atoms with E-state index in [2.05, 4.69) is 19.0 Å². The van der Waals surface area contributed by atoms with Gasteiger partial charge in [-0.2, -0.15) is 0 Å². The van der Waals surface area contributed by atoms with E-state index in [1.54, 1.807) is 13.0 Å². The van der Waals surface area contributed by atoms with Crippen LogP contribution in [0.25, 0.3) is 0 Å². The summed E-state index contributed by atoms with van der Waals surface area (Å²) in [5.74, 6) is 0.775. The molecule has 0 spiro atoms. The van der Waals surface area contributed by atoms with Crippen molar-refractivity contribution in [2.45, 2.75) is 51.7 Å². The van der Waals surface area contributed by atoms with E-state index in [0.717, 1.165) is 37.0 Å². The zero-order valence-corrected chi connectivity index (χ0v) is 14.0. The van der Waals surface area contributed by atoms with Crippen LogP contribution in [-0.4, -0.2) is 36.9 Å². The van der Waals surface area contributed by atoms with Crippen LogP contribution in [0, 0.1) is 6.92 Å². The SMILES string of the molecule is CC(=O)c1cc(Cl)cc(OC2CCC(N(C)C)CC2)c1C. The molecule has 0 amide bonds. The zero-order valence-electron chi connectivity index (χ0n) is 13.3. The van der Waals surface area contributed by atoms with Crippen molar-refractivity contribution >= 4 is 17.4 Å². The lowest BCUT2D eigenvalue weighted by molar-refractivity contribution is 0.101. The van der Waals surface area contributed by atoms with Gasteiger partial charge in [-0.05, 0) is 65.8 Å². The second-order valence-electron chi connectivity index (χ2n) is 6.14. The number of carbonyl (C=O) groups is 1. The van der Waals surface area contributed by atoms with Crippen LogP contribution in [0.4, 0.5) is 0 Å². The van der Waals surface area contributed by atoms with Crippen molar-refractivity contribution in [2.75, 3.05) is 14.1 Å². The highest BCUT2D eigenvalue weighted by molar-refractivity contribution is 6.31. The van der Waals surface area contributed by atoms with Gasteiger partial charge in [-0.1, -0.05) is 11.6 Å². The molecule has 2 rings (SSSR count). The third-order valence-electron chi connectivity index (χ3n) is 4.37. The predicted molar refractivity (Wildman–Crippen MR) is 86.6 cm³/mol. The van der Waals surface area contributed by atoms with Gasteiger partial charge < -0.3 is 9.64 Å². The normalized spacial score (nSPS) is 22.4. The number of hydrogen-bond donors (Lipinski definition) is 0. The number of ether oxygens (including phenoxy) is 1. The van der Waals surface area contributed by atoms with E-state index in [-0.39, 0.29) is 11.9 Å². The summed E-state index contributed by atoms with van der Waals surface area (Å²) in [6, 6.07) is 4.19. The van der Waals surface area contributed by atoms with Gasteiger partial charge in [0.2, 0.25) is 0 Å². The quantitative estimate of drug-likeness (QED) is 0.784. The fourth-order valence-corrected chi connectivity index (χ4v) is 3.21. The summed E-state index contributed by atoms with van der Waals surface area (Å²) in [7, 11) is 4.26. The number of nitrogens with zero attached hydrogens (tertiary/aromatic N) is 1. The fraction of sp³-hybridized carbons (Fsp3) is 0.588. The van der Waals surface area contributed by atoms with Gasteiger partial charge in [0.1, 0.15) is 5.75 Å². The Morgan fingerprint density at radius 3 is 2.38 bits per heavy atom. The Bertz CT molecular complexity index is 520. The Labute approximate surface area is 132 Å². The lowest BCUT2D eigenvalue weighted by atomic mass is 9.92. The summed E-state index contributed by atoms with van der Waals surface area (Å²) in [4.78, 5) is 13.9. The molecule has 0 aromatic heterocycles. The monoisotopic (exact) mass is 309 g/mol. The first kappa shape index (κ1) is 16.3. The molecule has 0 unspecified atom stereocenters. The minimum absolute atomic E-state index is 0.0242. The molecule has 1 aliphatic rings. The lowest BCUT2D eigenvalue weighted by Gasteiger charge is -2.33. The number of Topliss-reactive ketones (excluding diaryl/α,β-unsaturated/α-hetero) is 1. The third kappa shape index (κ3) is 3.98. The van der Waals surface area contributed by atoms with E-state index in [9.17, 15) is 4.79 Å². The Hall–Kier alpha value is -1.06. The number of rotatable bonds is 4. The van der Waals surface area contributed by atoms with E-state index in [1.807, 2.05) is 13.0 Å². The molecular weight excluding hydrogens is 286 g/mol. The van der Waals surface area contributed by atoms with Gasteiger partial charge in [0.05, 0.1) is 6.10 Å². The molecule has 3 nitrogen and oxygen atoms in total. The topological polar surface area (TPSA) is 29.5 Å². The van der Waals surface area contributed by atoms with Crippen molar-refractivity contribution < 1.29 is 9.53 Å². The van der Waals surface area contributed by atoms with Crippen LogP contribution in [0.2, 0.25) is 5.02 Å². The fourth-order valence-electron chi connectivity index (χ4n) is 3.00. The molecule has 1 saturated carbocycles. The molecule has 1 aromatic carbocycles.